The first-order valence-corrected chi connectivity index (χ1v) is 6.74. The van der Waals surface area contributed by atoms with Crippen molar-refractivity contribution in [2.45, 2.75) is 24.8 Å². The molecule has 0 aliphatic heterocycles. The largest absolute Gasteiger partial charge is 0.496 e. The fourth-order valence-electron chi connectivity index (χ4n) is 1.72. The summed E-state index contributed by atoms with van der Waals surface area (Å²) in [5.41, 5.74) is 6.36. The number of halogens is 1. The Balaban J connectivity index is 1.83. The van der Waals surface area contributed by atoms with Gasteiger partial charge in [0.05, 0.1) is 17.1 Å². The molecule has 2 rings (SSSR count). The molecule has 3 N–H and O–H groups in total. The highest BCUT2D eigenvalue weighted by molar-refractivity contribution is 9.10. The average Bonchev–Trinajstić information content (AvgIpc) is 3.09. The summed E-state index contributed by atoms with van der Waals surface area (Å²) in [6.07, 6.45) is 2.38. The Morgan fingerprint density at radius 3 is 2.83 bits per heavy atom. The number of ether oxygens (including phenoxy) is 1. The van der Waals surface area contributed by atoms with Crippen LogP contribution >= 0.6 is 15.9 Å². The molecule has 0 aromatic heterocycles. The third-order valence-corrected chi connectivity index (χ3v) is 3.78. The average molecular weight is 313 g/mol. The molecule has 1 aromatic rings. The Hall–Kier alpha value is -1.07. The van der Waals surface area contributed by atoms with Crippen molar-refractivity contribution in [3.05, 3.63) is 28.2 Å². The zero-order valence-electron chi connectivity index (χ0n) is 10.3. The van der Waals surface area contributed by atoms with Gasteiger partial charge in [0.2, 0.25) is 5.91 Å². The van der Waals surface area contributed by atoms with E-state index in [2.05, 4.69) is 21.2 Å². The van der Waals surface area contributed by atoms with E-state index < -0.39 is 5.54 Å². The molecule has 0 unspecified atom stereocenters. The minimum atomic E-state index is -0.583. The maximum Gasteiger partial charge on any atom is 0.240 e. The first kappa shape index (κ1) is 13.4. The second-order valence-corrected chi connectivity index (χ2v) is 5.49. The Labute approximate surface area is 115 Å². The van der Waals surface area contributed by atoms with Crippen LogP contribution in [0, 0.1) is 0 Å². The summed E-state index contributed by atoms with van der Waals surface area (Å²) in [5.74, 6) is 0.775. The second kappa shape index (κ2) is 5.28. The quantitative estimate of drug-likeness (QED) is 0.868. The molecule has 0 spiro atoms. The summed E-state index contributed by atoms with van der Waals surface area (Å²) in [5, 5.41) is 2.87. The van der Waals surface area contributed by atoms with Crippen LogP contribution in [-0.4, -0.2) is 25.1 Å². The van der Waals surface area contributed by atoms with Gasteiger partial charge in [0, 0.05) is 6.54 Å². The van der Waals surface area contributed by atoms with E-state index in [-0.39, 0.29) is 5.91 Å². The van der Waals surface area contributed by atoms with Gasteiger partial charge in [-0.1, -0.05) is 6.07 Å². The predicted octanol–water partition coefficient (Wildman–Crippen LogP) is 1.61. The van der Waals surface area contributed by atoms with E-state index in [9.17, 15) is 4.79 Å². The number of hydrogen-bond acceptors (Lipinski definition) is 3. The normalized spacial score (nSPS) is 16.2. The topological polar surface area (TPSA) is 64.3 Å². The molecule has 0 atom stereocenters. The minimum absolute atomic E-state index is 0.0323. The summed E-state index contributed by atoms with van der Waals surface area (Å²) in [4.78, 5) is 11.6. The fraction of sp³-hybridized carbons (Fsp3) is 0.462. The van der Waals surface area contributed by atoms with Crippen molar-refractivity contribution >= 4 is 21.8 Å². The highest BCUT2D eigenvalue weighted by Gasteiger charge is 2.45. The maximum absolute atomic E-state index is 11.6. The molecule has 1 fully saturated rings. The van der Waals surface area contributed by atoms with E-state index in [4.69, 9.17) is 10.5 Å². The number of amides is 1. The van der Waals surface area contributed by atoms with Crippen LogP contribution in [0.15, 0.2) is 22.7 Å². The molecule has 4 nitrogen and oxygen atoms in total. The van der Waals surface area contributed by atoms with Gasteiger partial charge in [-0.05, 0) is 52.9 Å². The number of nitrogens with one attached hydrogen (secondary N) is 1. The van der Waals surface area contributed by atoms with Gasteiger partial charge in [0.1, 0.15) is 5.75 Å². The monoisotopic (exact) mass is 312 g/mol. The van der Waals surface area contributed by atoms with Crippen molar-refractivity contribution in [2.75, 3.05) is 13.7 Å². The zero-order valence-corrected chi connectivity index (χ0v) is 11.9. The van der Waals surface area contributed by atoms with Crippen molar-refractivity contribution in [3.8, 4) is 5.75 Å². The van der Waals surface area contributed by atoms with Crippen LogP contribution in [0.25, 0.3) is 0 Å². The van der Waals surface area contributed by atoms with Crippen molar-refractivity contribution in [2.24, 2.45) is 5.73 Å². The highest BCUT2D eigenvalue weighted by atomic mass is 79.9. The molecule has 18 heavy (non-hydrogen) atoms. The van der Waals surface area contributed by atoms with E-state index in [1.807, 2.05) is 18.2 Å². The van der Waals surface area contributed by atoms with Gasteiger partial charge < -0.3 is 15.8 Å². The molecule has 5 heteroatoms. The van der Waals surface area contributed by atoms with E-state index in [0.29, 0.717) is 6.54 Å². The zero-order chi connectivity index (χ0) is 13.2. The highest BCUT2D eigenvalue weighted by Crippen LogP contribution is 2.32. The van der Waals surface area contributed by atoms with Crippen molar-refractivity contribution in [1.29, 1.82) is 0 Å². The number of carbonyl (C=O) groups is 1. The summed E-state index contributed by atoms with van der Waals surface area (Å²) in [7, 11) is 1.64. The van der Waals surface area contributed by atoms with Crippen molar-refractivity contribution in [1.82, 2.24) is 5.32 Å². The Morgan fingerprint density at radius 1 is 1.56 bits per heavy atom. The minimum Gasteiger partial charge on any atom is -0.496 e. The number of hydrogen-bond donors (Lipinski definition) is 2. The van der Waals surface area contributed by atoms with Crippen LogP contribution in [0.3, 0.4) is 0 Å². The predicted molar refractivity (Wildman–Crippen MR) is 73.6 cm³/mol. The van der Waals surface area contributed by atoms with Crippen molar-refractivity contribution in [3.63, 3.8) is 0 Å². The lowest BCUT2D eigenvalue weighted by Crippen LogP contribution is -2.43. The number of methoxy groups -OCH3 is 1. The van der Waals surface area contributed by atoms with Gasteiger partial charge in [-0.3, -0.25) is 4.79 Å². The molecule has 0 radical (unpaired) electrons. The molecule has 0 heterocycles. The fourth-order valence-corrected chi connectivity index (χ4v) is 2.31. The van der Waals surface area contributed by atoms with Gasteiger partial charge in [-0.15, -0.1) is 0 Å². The number of nitrogens with two attached hydrogens (primary N) is 1. The molecule has 1 aliphatic rings. The number of rotatable bonds is 5. The molecular formula is C13H17BrN2O2. The first-order chi connectivity index (χ1) is 8.55. The smallest absolute Gasteiger partial charge is 0.240 e. The van der Waals surface area contributed by atoms with E-state index >= 15 is 0 Å². The molecule has 1 aliphatic carbocycles. The third kappa shape index (κ3) is 3.03. The van der Waals surface area contributed by atoms with E-state index in [0.717, 1.165) is 35.0 Å². The molecule has 1 aromatic carbocycles. The van der Waals surface area contributed by atoms with Crippen LogP contribution in [0.5, 0.6) is 5.75 Å². The van der Waals surface area contributed by atoms with Gasteiger partial charge in [-0.2, -0.15) is 0 Å². The van der Waals surface area contributed by atoms with Gasteiger partial charge >= 0.3 is 0 Å². The van der Waals surface area contributed by atoms with Crippen LogP contribution in [0.4, 0.5) is 0 Å². The molecule has 0 bridgehead atoms. The van der Waals surface area contributed by atoms with Crippen LogP contribution in [-0.2, 0) is 11.2 Å². The van der Waals surface area contributed by atoms with Crippen LogP contribution in [0.2, 0.25) is 0 Å². The molecule has 1 amide bonds. The summed E-state index contributed by atoms with van der Waals surface area (Å²) < 4.78 is 6.08. The number of carbonyl (C=O) groups excluding carboxylic acids is 1. The third-order valence-electron chi connectivity index (χ3n) is 3.16. The van der Waals surface area contributed by atoms with E-state index in [1.54, 1.807) is 7.11 Å². The Kier molecular flexibility index (Phi) is 3.92. The lowest BCUT2D eigenvalue weighted by molar-refractivity contribution is -0.123. The van der Waals surface area contributed by atoms with E-state index in [1.165, 1.54) is 0 Å². The summed E-state index contributed by atoms with van der Waals surface area (Å²) >= 11 is 3.44. The molecular weight excluding hydrogens is 296 g/mol. The van der Waals surface area contributed by atoms with Gasteiger partial charge in [0.15, 0.2) is 0 Å². The lowest BCUT2D eigenvalue weighted by Gasteiger charge is -2.10. The molecule has 0 saturated heterocycles. The Morgan fingerprint density at radius 2 is 2.28 bits per heavy atom. The van der Waals surface area contributed by atoms with Crippen molar-refractivity contribution < 1.29 is 9.53 Å². The molecule has 98 valence electrons. The summed E-state index contributed by atoms with van der Waals surface area (Å²) in [6, 6.07) is 5.90. The maximum atomic E-state index is 11.6. The SMILES string of the molecule is COc1ccc(CCNC(=O)C2(N)CC2)cc1Br. The van der Waals surface area contributed by atoms with Crippen LogP contribution in [0.1, 0.15) is 18.4 Å². The lowest BCUT2D eigenvalue weighted by atomic mass is 10.1. The number of benzene rings is 1. The Bertz CT molecular complexity index is 458. The van der Waals surface area contributed by atoms with Gasteiger partial charge in [-0.25, -0.2) is 0 Å². The van der Waals surface area contributed by atoms with Gasteiger partial charge in [0.25, 0.3) is 0 Å². The van der Waals surface area contributed by atoms with Crippen LogP contribution < -0.4 is 15.8 Å². The second-order valence-electron chi connectivity index (χ2n) is 4.63. The standard InChI is InChI=1S/C13H17BrN2O2/c1-18-11-3-2-9(8-10(11)14)4-7-16-12(17)13(15)5-6-13/h2-3,8H,4-7,15H2,1H3,(H,16,17). The first-order valence-electron chi connectivity index (χ1n) is 5.95. The molecule has 1 saturated carbocycles. The summed E-state index contributed by atoms with van der Waals surface area (Å²) in [6.45, 7) is 0.608.